The molecule has 1 saturated carbocycles. The molecule has 124 valence electrons. The van der Waals surface area contributed by atoms with E-state index in [4.69, 9.17) is 10.5 Å². The lowest BCUT2D eigenvalue weighted by molar-refractivity contribution is -0.134. The molecule has 2 rings (SSSR count). The molecule has 2 aliphatic rings. The first-order valence-corrected chi connectivity index (χ1v) is 8.17. The monoisotopic (exact) mass is 318 g/mol. The van der Waals surface area contributed by atoms with Crippen LogP contribution in [0.25, 0.3) is 0 Å². The molecule has 0 radical (unpaired) electrons. The third-order valence-electron chi connectivity index (χ3n) is 5.09. The minimum absolute atomic E-state index is 0. The second-order valence-electron chi connectivity index (χ2n) is 6.80. The Kier molecular flexibility index (Phi) is 7.99. The Morgan fingerprint density at radius 1 is 1.29 bits per heavy atom. The Morgan fingerprint density at radius 2 is 2.00 bits per heavy atom. The van der Waals surface area contributed by atoms with Gasteiger partial charge in [-0.1, -0.05) is 19.3 Å². The van der Waals surface area contributed by atoms with Crippen molar-refractivity contribution in [3.8, 4) is 0 Å². The number of ether oxygens (including phenoxy) is 1. The molecule has 1 unspecified atom stereocenters. The van der Waals surface area contributed by atoms with Crippen LogP contribution in [0, 0.1) is 11.3 Å². The molecule has 1 aliphatic carbocycles. The van der Waals surface area contributed by atoms with Gasteiger partial charge in [-0.25, -0.2) is 0 Å². The normalized spacial score (nSPS) is 25.0. The standard InChI is InChI=1S/C16H30N2O2.ClH/c1-18(11-14-6-5-9-20-12-14)15(19)10-16(13-17)7-3-2-4-8-16;/h14H,2-13,17H2,1H3;1H. The summed E-state index contributed by atoms with van der Waals surface area (Å²) >= 11 is 0. The largest absolute Gasteiger partial charge is 0.381 e. The van der Waals surface area contributed by atoms with Gasteiger partial charge >= 0.3 is 0 Å². The van der Waals surface area contributed by atoms with Crippen LogP contribution in [-0.2, 0) is 9.53 Å². The highest BCUT2D eigenvalue weighted by atomic mass is 35.5. The van der Waals surface area contributed by atoms with Crippen molar-refractivity contribution in [1.29, 1.82) is 0 Å². The highest BCUT2D eigenvalue weighted by Gasteiger charge is 2.34. The maximum atomic E-state index is 12.5. The van der Waals surface area contributed by atoms with Crippen LogP contribution in [0.3, 0.4) is 0 Å². The highest BCUT2D eigenvalue weighted by Crippen LogP contribution is 2.38. The van der Waals surface area contributed by atoms with Crippen molar-refractivity contribution in [1.82, 2.24) is 4.90 Å². The first-order chi connectivity index (χ1) is 9.65. The van der Waals surface area contributed by atoms with E-state index in [1.54, 1.807) is 0 Å². The Hall–Kier alpha value is -0.320. The predicted octanol–water partition coefficient (Wildman–Crippen LogP) is 2.59. The van der Waals surface area contributed by atoms with Crippen LogP contribution >= 0.6 is 12.4 Å². The molecule has 0 aromatic carbocycles. The lowest BCUT2D eigenvalue weighted by Crippen LogP contribution is -2.41. The molecule has 1 aliphatic heterocycles. The van der Waals surface area contributed by atoms with E-state index < -0.39 is 0 Å². The molecule has 2 fully saturated rings. The van der Waals surface area contributed by atoms with E-state index in [0.717, 1.165) is 39.0 Å². The highest BCUT2D eigenvalue weighted by molar-refractivity contribution is 5.85. The molecule has 1 saturated heterocycles. The number of hydrogen-bond acceptors (Lipinski definition) is 3. The van der Waals surface area contributed by atoms with E-state index in [2.05, 4.69) is 0 Å². The van der Waals surface area contributed by atoms with Gasteiger partial charge in [0.15, 0.2) is 0 Å². The van der Waals surface area contributed by atoms with Crippen molar-refractivity contribution in [2.45, 2.75) is 51.4 Å². The second-order valence-corrected chi connectivity index (χ2v) is 6.80. The molecular formula is C16H31ClN2O2. The Bertz CT molecular complexity index is 313. The fourth-order valence-corrected chi connectivity index (χ4v) is 3.65. The molecule has 0 aromatic rings. The van der Waals surface area contributed by atoms with Gasteiger partial charge in [0, 0.05) is 26.6 Å². The average molecular weight is 319 g/mol. The van der Waals surface area contributed by atoms with Gasteiger partial charge in [-0.05, 0) is 43.6 Å². The number of carbonyl (C=O) groups excluding carboxylic acids is 1. The average Bonchev–Trinajstić information content (AvgIpc) is 2.49. The van der Waals surface area contributed by atoms with Crippen LogP contribution in [0.5, 0.6) is 0 Å². The first kappa shape index (κ1) is 18.7. The number of nitrogens with zero attached hydrogens (tertiary/aromatic N) is 1. The van der Waals surface area contributed by atoms with Gasteiger partial charge in [0.25, 0.3) is 0 Å². The Labute approximate surface area is 135 Å². The lowest BCUT2D eigenvalue weighted by Gasteiger charge is -2.37. The van der Waals surface area contributed by atoms with Crippen molar-refractivity contribution in [2.24, 2.45) is 17.1 Å². The van der Waals surface area contributed by atoms with Gasteiger partial charge in [0.05, 0.1) is 6.61 Å². The second kappa shape index (κ2) is 8.96. The molecule has 0 bridgehead atoms. The number of rotatable bonds is 5. The summed E-state index contributed by atoms with van der Waals surface area (Å²) < 4.78 is 5.50. The molecule has 1 amide bonds. The van der Waals surface area contributed by atoms with Gasteiger partial charge in [0.2, 0.25) is 5.91 Å². The maximum Gasteiger partial charge on any atom is 0.222 e. The summed E-state index contributed by atoms with van der Waals surface area (Å²) in [4.78, 5) is 14.4. The zero-order valence-electron chi connectivity index (χ0n) is 13.3. The molecule has 2 N–H and O–H groups in total. The van der Waals surface area contributed by atoms with Crippen LogP contribution in [0.15, 0.2) is 0 Å². The van der Waals surface area contributed by atoms with Crippen LogP contribution in [0.2, 0.25) is 0 Å². The summed E-state index contributed by atoms with van der Waals surface area (Å²) in [6.45, 7) is 3.17. The van der Waals surface area contributed by atoms with Crippen LogP contribution in [0.1, 0.15) is 51.4 Å². The molecule has 5 heteroatoms. The van der Waals surface area contributed by atoms with Crippen molar-refractivity contribution in [2.75, 3.05) is 33.4 Å². The summed E-state index contributed by atoms with van der Waals surface area (Å²) in [6, 6.07) is 0. The first-order valence-electron chi connectivity index (χ1n) is 8.17. The van der Waals surface area contributed by atoms with E-state index in [1.807, 2.05) is 11.9 Å². The molecule has 0 spiro atoms. The predicted molar refractivity (Wildman–Crippen MR) is 87.6 cm³/mol. The summed E-state index contributed by atoms with van der Waals surface area (Å²) in [5.74, 6) is 0.779. The third kappa shape index (κ3) is 5.42. The van der Waals surface area contributed by atoms with E-state index in [-0.39, 0.29) is 23.7 Å². The third-order valence-corrected chi connectivity index (χ3v) is 5.09. The summed E-state index contributed by atoms with van der Waals surface area (Å²) in [5.41, 5.74) is 6.06. The summed E-state index contributed by atoms with van der Waals surface area (Å²) in [5, 5.41) is 0. The molecule has 1 heterocycles. The van der Waals surface area contributed by atoms with Crippen molar-refractivity contribution < 1.29 is 9.53 Å². The Balaban J connectivity index is 0.00000220. The van der Waals surface area contributed by atoms with Crippen molar-refractivity contribution in [3.63, 3.8) is 0 Å². The van der Waals surface area contributed by atoms with Gasteiger partial charge in [-0.3, -0.25) is 4.79 Å². The minimum atomic E-state index is 0. The minimum Gasteiger partial charge on any atom is -0.381 e. The smallest absolute Gasteiger partial charge is 0.222 e. The van der Waals surface area contributed by atoms with Crippen molar-refractivity contribution >= 4 is 18.3 Å². The van der Waals surface area contributed by atoms with Gasteiger partial charge in [-0.15, -0.1) is 12.4 Å². The molecule has 0 aromatic heterocycles. The van der Waals surface area contributed by atoms with Crippen LogP contribution < -0.4 is 5.73 Å². The number of amides is 1. The maximum absolute atomic E-state index is 12.5. The molecule has 4 nitrogen and oxygen atoms in total. The molecular weight excluding hydrogens is 288 g/mol. The fourth-order valence-electron chi connectivity index (χ4n) is 3.65. The van der Waals surface area contributed by atoms with Crippen LogP contribution in [-0.4, -0.2) is 44.2 Å². The SMILES string of the molecule is CN(CC1CCCOC1)C(=O)CC1(CN)CCCCC1.Cl. The molecule has 21 heavy (non-hydrogen) atoms. The number of carbonyl (C=O) groups is 1. The Morgan fingerprint density at radius 3 is 2.57 bits per heavy atom. The quantitative estimate of drug-likeness (QED) is 0.847. The fraction of sp³-hybridized carbons (Fsp3) is 0.938. The zero-order chi connectivity index (χ0) is 14.4. The lowest BCUT2D eigenvalue weighted by atomic mass is 9.71. The summed E-state index contributed by atoms with van der Waals surface area (Å²) in [7, 11) is 1.93. The summed E-state index contributed by atoms with van der Waals surface area (Å²) in [6.07, 6.45) is 8.93. The zero-order valence-corrected chi connectivity index (χ0v) is 14.1. The van der Waals surface area contributed by atoms with E-state index in [1.165, 1.54) is 25.7 Å². The molecule has 1 atom stereocenters. The van der Waals surface area contributed by atoms with Crippen LogP contribution in [0.4, 0.5) is 0 Å². The number of nitrogens with two attached hydrogens (primary N) is 1. The van der Waals surface area contributed by atoms with E-state index in [9.17, 15) is 4.79 Å². The van der Waals surface area contributed by atoms with Crippen molar-refractivity contribution in [3.05, 3.63) is 0 Å². The number of halogens is 1. The van der Waals surface area contributed by atoms with Gasteiger partial charge in [0.1, 0.15) is 0 Å². The van der Waals surface area contributed by atoms with Gasteiger partial charge in [-0.2, -0.15) is 0 Å². The van der Waals surface area contributed by atoms with Gasteiger partial charge < -0.3 is 15.4 Å². The van der Waals surface area contributed by atoms with E-state index >= 15 is 0 Å². The topological polar surface area (TPSA) is 55.6 Å². The van der Waals surface area contributed by atoms with E-state index in [0.29, 0.717) is 18.9 Å². The number of hydrogen-bond donors (Lipinski definition) is 1.